The maximum atomic E-state index is 13.4. The Hall–Kier alpha value is -0.110. The van der Waals surface area contributed by atoms with Crippen molar-refractivity contribution in [1.82, 2.24) is 0 Å². The summed E-state index contributed by atoms with van der Waals surface area (Å²) in [7, 11) is 0. The molecule has 0 amide bonds. The predicted molar refractivity (Wildman–Crippen MR) is 45.1 cm³/mol. The summed E-state index contributed by atoms with van der Waals surface area (Å²) in [5.74, 6) is 0.825. The van der Waals surface area contributed by atoms with Crippen molar-refractivity contribution in [2.24, 2.45) is 17.6 Å². The van der Waals surface area contributed by atoms with E-state index in [-0.39, 0.29) is 5.92 Å². The third-order valence-corrected chi connectivity index (χ3v) is 2.85. The fourth-order valence-electron chi connectivity index (χ4n) is 1.91. The zero-order valence-electron chi connectivity index (χ0n) is 7.44. The average molecular weight is 159 g/mol. The number of alkyl halides is 1. The van der Waals surface area contributed by atoms with Crippen molar-refractivity contribution in [1.29, 1.82) is 0 Å². The molecule has 0 aromatic carbocycles. The van der Waals surface area contributed by atoms with Gasteiger partial charge in [0.15, 0.2) is 0 Å². The van der Waals surface area contributed by atoms with Gasteiger partial charge in [0.25, 0.3) is 0 Å². The molecule has 0 radical (unpaired) electrons. The summed E-state index contributed by atoms with van der Waals surface area (Å²) in [5, 5.41) is 0. The molecule has 1 aliphatic carbocycles. The Labute approximate surface area is 68.2 Å². The van der Waals surface area contributed by atoms with Crippen LogP contribution in [0, 0.1) is 11.8 Å². The minimum Gasteiger partial charge on any atom is -0.330 e. The maximum absolute atomic E-state index is 13.4. The van der Waals surface area contributed by atoms with Gasteiger partial charge in [-0.2, -0.15) is 0 Å². The van der Waals surface area contributed by atoms with Gasteiger partial charge in [0, 0.05) is 0 Å². The van der Waals surface area contributed by atoms with Crippen LogP contribution in [0.15, 0.2) is 0 Å². The summed E-state index contributed by atoms with van der Waals surface area (Å²) in [4.78, 5) is 0. The molecule has 0 bridgehead atoms. The highest BCUT2D eigenvalue weighted by atomic mass is 19.1. The molecule has 1 rings (SSSR count). The van der Waals surface area contributed by atoms with Crippen molar-refractivity contribution >= 4 is 0 Å². The first kappa shape index (κ1) is 8.98. The Balaban J connectivity index is 2.42. The molecule has 66 valence electrons. The molecule has 2 N–H and O–H groups in total. The van der Waals surface area contributed by atoms with E-state index in [9.17, 15) is 4.39 Å². The summed E-state index contributed by atoms with van der Waals surface area (Å²) in [6.07, 6.45) is 3.12. The Morgan fingerprint density at radius 3 is 2.36 bits per heavy atom. The minimum absolute atomic E-state index is 0.246. The number of rotatable bonds is 2. The van der Waals surface area contributed by atoms with Crippen LogP contribution in [0.25, 0.3) is 0 Å². The number of hydrogen-bond donors (Lipinski definition) is 1. The van der Waals surface area contributed by atoms with Crippen LogP contribution in [0.2, 0.25) is 0 Å². The molecule has 2 heteroatoms. The lowest BCUT2D eigenvalue weighted by Crippen LogP contribution is -2.24. The van der Waals surface area contributed by atoms with Gasteiger partial charge in [-0.3, -0.25) is 0 Å². The van der Waals surface area contributed by atoms with Crippen LogP contribution in [-0.2, 0) is 0 Å². The van der Waals surface area contributed by atoms with Crippen molar-refractivity contribution in [2.75, 3.05) is 6.54 Å². The third-order valence-electron chi connectivity index (χ3n) is 2.85. The van der Waals surface area contributed by atoms with Crippen LogP contribution >= 0.6 is 0 Å². The standard InChI is InChI=1S/C9H18FN/c1-9(2,10)8-4-3-7(5-8)6-11/h7-8H,3-6,11H2,1-2H3. The fraction of sp³-hybridized carbons (Fsp3) is 1.00. The van der Waals surface area contributed by atoms with Crippen molar-refractivity contribution in [3.05, 3.63) is 0 Å². The topological polar surface area (TPSA) is 26.0 Å². The van der Waals surface area contributed by atoms with Crippen LogP contribution < -0.4 is 5.73 Å². The lowest BCUT2D eigenvalue weighted by atomic mass is 9.90. The van der Waals surface area contributed by atoms with E-state index in [0.717, 1.165) is 25.8 Å². The highest BCUT2D eigenvalue weighted by Gasteiger charge is 2.35. The average Bonchev–Trinajstić information content (AvgIpc) is 2.32. The second-order valence-corrected chi connectivity index (χ2v) is 4.18. The van der Waals surface area contributed by atoms with Gasteiger partial charge in [-0.1, -0.05) is 0 Å². The molecule has 0 aromatic heterocycles. The van der Waals surface area contributed by atoms with E-state index in [1.54, 1.807) is 13.8 Å². The molecule has 0 saturated heterocycles. The molecular weight excluding hydrogens is 141 g/mol. The molecule has 2 atom stereocenters. The van der Waals surface area contributed by atoms with Crippen molar-refractivity contribution in [3.63, 3.8) is 0 Å². The summed E-state index contributed by atoms with van der Waals surface area (Å²) in [5.41, 5.74) is 4.52. The van der Waals surface area contributed by atoms with Gasteiger partial charge in [-0.15, -0.1) is 0 Å². The van der Waals surface area contributed by atoms with Gasteiger partial charge < -0.3 is 5.73 Å². The van der Waals surface area contributed by atoms with Gasteiger partial charge in [0.1, 0.15) is 5.67 Å². The molecule has 1 fully saturated rings. The summed E-state index contributed by atoms with van der Waals surface area (Å²) < 4.78 is 13.4. The molecular formula is C9H18FN. The van der Waals surface area contributed by atoms with Crippen molar-refractivity contribution < 1.29 is 4.39 Å². The van der Waals surface area contributed by atoms with Gasteiger partial charge in [0.2, 0.25) is 0 Å². The van der Waals surface area contributed by atoms with Crippen molar-refractivity contribution in [3.8, 4) is 0 Å². The molecule has 11 heavy (non-hydrogen) atoms. The number of halogens is 1. The van der Waals surface area contributed by atoms with Crippen LogP contribution in [0.1, 0.15) is 33.1 Å². The van der Waals surface area contributed by atoms with Crippen LogP contribution in [-0.4, -0.2) is 12.2 Å². The van der Waals surface area contributed by atoms with Crippen LogP contribution in [0.4, 0.5) is 4.39 Å². The lowest BCUT2D eigenvalue weighted by molar-refractivity contribution is 0.125. The van der Waals surface area contributed by atoms with E-state index in [4.69, 9.17) is 5.73 Å². The first-order chi connectivity index (χ1) is 5.04. The van der Waals surface area contributed by atoms with E-state index in [0.29, 0.717) is 5.92 Å². The molecule has 1 nitrogen and oxygen atoms in total. The monoisotopic (exact) mass is 159 g/mol. The Kier molecular flexibility index (Phi) is 2.53. The normalized spacial score (nSPS) is 32.7. The molecule has 0 spiro atoms. The maximum Gasteiger partial charge on any atom is 0.108 e. The second kappa shape index (κ2) is 3.10. The van der Waals surface area contributed by atoms with Gasteiger partial charge in [-0.25, -0.2) is 4.39 Å². The van der Waals surface area contributed by atoms with Crippen LogP contribution in [0.3, 0.4) is 0 Å². The molecule has 2 unspecified atom stereocenters. The van der Waals surface area contributed by atoms with E-state index in [2.05, 4.69) is 0 Å². The second-order valence-electron chi connectivity index (χ2n) is 4.18. The minimum atomic E-state index is -0.996. The van der Waals surface area contributed by atoms with Gasteiger partial charge in [-0.05, 0) is 51.5 Å². The summed E-state index contributed by atoms with van der Waals surface area (Å²) in [6, 6.07) is 0. The zero-order chi connectivity index (χ0) is 8.48. The SMILES string of the molecule is CC(C)(F)C1CCC(CN)C1. The molecule has 1 saturated carbocycles. The zero-order valence-corrected chi connectivity index (χ0v) is 7.44. The Bertz CT molecular complexity index is 128. The highest BCUT2D eigenvalue weighted by molar-refractivity contribution is 4.86. The van der Waals surface area contributed by atoms with Gasteiger partial charge >= 0.3 is 0 Å². The van der Waals surface area contributed by atoms with E-state index < -0.39 is 5.67 Å². The molecule has 0 heterocycles. The first-order valence-corrected chi connectivity index (χ1v) is 4.43. The molecule has 0 aliphatic heterocycles. The lowest BCUT2D eigenvalue weighted by Gasteiger charge is -2.22. The molecule has 0 aromatic rings. The molecule has 1 aliphatic rings. The Morgan fingerprint density at radius 2 is 2.09 bits per heavy atom. The third kappa shape index (κ3) is 2.16. The van der Waals surface area contributed by atoms with Crippen molar-refractivity contribution in [2.45, 2.75) is 38.8 Å². The fourth-order valence-corrected chi connectivity index (χ4v) is 1.91. The smallest absolute Gasteiger partial charge is 0.108 e. The first-order valence-electron chi connectivity index (χ1n) is 4.43. The summed E-state index contributed by atoms with van der Waals surface area (Å²) >= 11 is 0. The van der Waals surface area contributed by atoms with E-state index >= 15 is 0 Å². The quantitative estimate of drug-likeness (QED) is 0.656. The van der Waals surface area contributed by atoms with Crippen LogP contribution in [0.5, 0.6) is 0 Å². The van der Waals surface area contributed by atoms with Gasteiger partial charge in [0.05, 0.1) is 0 Å². The highest BCUT2D eigenvalue weighted by Crippen LogP contribution is 2.38. The summed E-state index contributed by atoms with van der Waals surface area (Å²) in [6.45, 7) is 4.08. The predicted octanol–water partition coefficient (Wildman–Crippen LogP) is 2.11. The largest absolute Gasteiger partial charge is 0.330 e. The van der Waals surface area contributed by atoms with E-state index in [1.165, 1.54) is 0 Å². The Morgan fingerprint density at radius 1 is 1.45 bits per heavy atom. The number of nitrogens with two attached hydrogens (primary N) is 1. The number of hydrogen-bond acceptors (Lipinski definition) is 1. The van der Waals surface area contributed by atoms with E-state index in [1.807, 2.05) is 0 Å².